The average molecular weight is 308 g/mol. The van der Waals surface area contributed by atoms with E-state index in [0.29, 0.717) is 0 Å². The maximum absolute atomic E-state index is 4.53. The third-order valence-electron chi connectivity index (χ3n) is 4.46. The van der Waals surface area contributed by atoms with E-state index in [0.717, 1.165) is 49.5 Å². The molecule has 0 amide bonds. The normalized spacial score (nSPS) is 15.9. The summed E-state index contributed by atoms with van der Waals surface area (Å²) in [6.07, 6.45) is 8.49. The first-order valence-corrected chi connectivity index (χ1v) is 8.01. The quantitative estimate of drug-likeness (QED) is 0.787. The van der Waals surface area contributed by atoms with Crippen LogP contribution in [0.5, 0.6) is 0 Å². The van der Waals surface area contributed by atoms with Gasteiger partial charge in [0, 0.05) is 50.5 Å². The summed E-state index contributed by atoms with van der Waals surface area (Å²) in [5.74, 6) is 1.03. The molecule has 3 aromatic heterocycles. The first kappa shape index (κ1) is 14.0. The lowest BCUT2D eigenvalue weighted by Crippen LogP contribution is -2.31. The van der Waals surface area contributed by atoms with Gasteiger partial charge in [-0.2, -0.15) is 0 Å². The number of fused-ring (bicyclic) bond motifs is 1. The molecule has 0 aliphatic carbocycles. The minimum Gasteiger partial charge on any atom is -0.369 e. The van der Waals surface area contributed by atoms with Crippen molar-refractivity contribution in [2.45, 2.75) is 13.3 Å². The van der Waals surface area contributed by atoms with Crippen LogP contribution < -0.4 is 9.80 Å². The molecule has 6 heteroatoms. The number of hydrogen-bond acceptors (Lipinski definition) is 5. The molecule has 1 saturated heterocycles. The lowest BCUT2D eigenvalue weighted by Gasteiger charge is -2.25. The van der Waals surface area contributed by atoms with Gasteiger partial charge in [0.05, 0.1) is 5.39 Å². The molecule has 3 aromatic rings. The van der Waals surface area contributed by atoms with Gasteiger partial charge in [0.1, 0.15) is 17.8 Å². The van der Waals surface area contributed by atoms with Crippen molar-refractivity contribution >= 4 is 22.5 Å². The van der Waals surface area contributed by atoms with Crippen LogP contribution >= 0.6 is 0 Å². The van der Waals surface area contributed by atoms with Crippen molar-refractivity contribution in [2.24, 2.45) is 0 Å². The summed E-state index contributed by atoms with van der Waals surface area (Å²) in [5.41, 5.74) is 3.42. The van der Waals surface area contributed by atoms with E-state index in [4.69, 9.17) is 0 Å². The highest BCUT2D eigenvalue weighted by atomic mass is 15.3. The van der Waals surface area contributed by atoms with Gasteiger partial charge in [0.25, 0.3) is 0 Å². The zero-order chi connectivity index (χ0) is 15.6. The van der Waals surface area contributed by atoms with E-state index in [1.807, 2.05) is 18.6 Å². The summed E-state index contributed by atoms with van der Waals surface area (Å²) in [7, 11) is 0. The molecule has 0 aromatic carbocycles. The average Bonchev–Trinajstić information content (AvgIpc) is 2.93. The van der Waals surface area contributed by atoms with Gasteiger partial charge < -0.3 is 14.8 Å². The Morgan fingerprint density at radius 2 is 1.91 bits per heavy atom. The molecule has 1 fully saturated rings. The van der Waals surface area contributed by atoms with Crippen LogP contribution in [0.1, 0.15) is 12.0 Å². The van der Waals surface area contributed by atoms with Crippen molar-refractivity contribution in [3.05, 3.63) is 42.6 Å². The lowest BCUT2D eigenvalue weighted by molar-refractivity contribution is 0.798. The highest BCUT2D eigenvalue weighted by Gasteiger charge is 2.19. The number of H-pyrrole nitrogens is 1. The van der Waals surface area contributed by atoms with Gasteiger partial charge in [-0.3, -0.25) is 4.98 Å². The number of anilines is 2. The number of aryl methyl sites for hydroxylation is 1. The molecular weight excluding hydrogens is 288 g/mol. The monoisotopic (exact) mass is 308 g/mol. The Morgan fingerprint density at radius 3 is 2.83 bits per heavy atom. The van der Waals surface area contributed by atoms with E-state index in [-0.39, 0.29) is 0 Å². The molecule has 1 aliphatic heterocycles. The second-order valence-corrected chi connectivity index (χ2v) is 5.93. The van der Waals surface area contributed by atoms with Crippen LogP contribution in [-0.4, -0.2) is 46.1 Å². The van der Waals surface area contributed by atoms with Crippen molar-refractivity contribution in [1.82, 2.24) is 19.9 Å². The minimum atomic E-state index is 0.904. The maximum Gasteiger partial charge on any atom is 0.142 e. The molecule has 0 bridgehead atoms. The predicted octanol–water partition coefficient (Wildman–Crippen LogP) is 2.38. The number of nitrogens with one attached hydrogen (secondary N) is 1. The third kappa shape index (κ3) is 2.60. The predicted molar refractivity (Wildman–Crippen MR) is 91.9 cm³/mol. The number of aromatic nitrogens is 4. The number of aromatic amines is 1. The molecule has 0 atom stereocenters. The Bertz CT molecular complexity index is 811. The second kappa shape index (κ2) is 5.87. The molecule has 4 rings (SSSR count). The van der Waals surface area contributed by atoms with Gasteiger partial charge in [-0.1, -0.05) is 0 Å². The molecule has 6 nitrogen and oxygen atoms in total. The summed E-state index contributed by atoms with van der Waals surface area (Å²) in [6.45, 7) is 6.14. The van der Waals surface area contributed by atoms with E-state index in [1.165, 1.54) is 11.3 Å². The SMILES string of the molecule is Cc1cnccc1N1CCCN(c2ncnc3[nH]ccc23)CC1. The number of rotatable bonds is 2. The number of hydrogen-bond donors (Lipinski definition) is 1. The van der Waals surface area contributed by atoms with Crippen LogP contribution in [0.25, 0.3) is 11.0 Å². The minimum absolute atomic E-state index is 0.904. The van der Waals surface area contributed by atoms with E-state index >= 15 is 0 Å². The number of nitrogens with zero attached hydrogens (tertiary/aromatic N) is 5. The fourth-order valence-corrected chi connectivity index (χ4v) is 3.30. The molecule has 0 saturated carbocycles. The maximum atomic E-state index is 4.53. The van der Waals surface area contributed by atoms with Gasteiger partial charge >= 0.3 is 0 Å². The summed E-state index contributed by atoms with van der Waals surface area (Å²) < 4.78 is 0. The molecule has 4 heterocycles. The molecule has 1 N–H and O–H groups in total. The summed E-state index contributed by atoms with van der Waals surface area (Å²) >= 11 is 0. The van der Waals surface area contributed by atoms with Gasteiger partial charge in [-0.05, 0) is 31.0 Å². The summed E-state index contributed by atoms with van der Waals surface area (Å²) in [4.78, 5) is 21.0. The fraction of sp³-hybridized carbons (Fsp3) is 0.353. The molecular formula is C17H20N6. The van der Waals surface area contributed by atoms with Crippen LogP contribution in [0.4, 0.5) is 11.5 Å². The third-order valence-corrected chi connectivity index (χ3v) is 4.46. The topological polar surface area (TPSA) is 60.9 Å². The lowest BCUT2D eigenvalue weighted by atomic mass is 10.2. The van der Waals surface area contributed by atoms with Gasteiger partial charge in [-0.15, -0.1) is 0 Å². The standard InChI is InChI=1S/C17H20N6/c1-13-11-18-5-4-15(13)22-7-2-8-23(10-9-22)17-14-3-6-19-16(14)20-12-21-17/h3-6,11-12H,2,7-10H2,1H3,(H,19,20,21). The zero-order valence-electron chi connectivity index (χ0n) is 13.2. The Morgan fingerprint density at radius 1 is 1.04 bits per heavy atom. The van der Waals surface area contributed by atoms with Gasteiger partial charge in [-0.25, -0.2) is 9.97 Å². The van der Waals surface area contributed by atoms with E-state index in [9.17, 15) is 0 Å². The van der Waals surface area contributed by atoms with E-state index < -0.39 is 0 Å². The van der Waals surface area contributed by atoms with Crippen LogP contribution in [0.2, 0.25) is 0 Å². The van der Waals surface area contributed by atoms with E-state index in [1.54, 1.807) is 6.33 Å². The highest BCUT2D eigenvalue weighted by molar-refractivity contribution is 5.87. The fourth-order valence-electron chi connectivity index (χ4n) is 3.30. The molecule has 1 aliphatic rings. The highest BCUT2D eigenvalue weighted by Crippen LogP contribution is 2.25. The molecule has 0 radical (unpaired) electrons. The Kier molecular flexibility index (Phi) is 3.57. The summed E-state index contributed by atoms with van der Waals surface area (Å²) in [6, 6.07) is 4.17. The van der Waals surface area contributed by atoms with Crippen molar-refractivity contribution in [2.75, 3.05) is 36.0 Å². The summed E-state index contributed by atoms with van der Waals surface area (Å²) in [5, 5.41) is 1.10. The Labute approximate surface area is 135 Å². The Hall–Kier alpha value is -2.63. The second-order valence-electron chi connectivity index (χ2n) is 5.93. The Balaban J connectivity index is 1.58. The van der Waals surface area contributed by atoms with Crippen LogP contribution in [0, 0.1) is 6.92 Å². The van der Waals surface area contributed by atoms with Crippen LogP contribution in [-0.2, 0) is 0 Å². The van der Waals surface area contributed by atoms with Gasteiger partial charge in [0.2, 0.25) is 0 Å². The van der Waals surface area contributed by atoms with Crippen molar-refractivity contribution in [3.63, 3.8) is 0 Å². The van der Waals surface area contributed by atoms with E-state index in [2.05, 4.69) is 48.8 Å². The molecule has 118 valence electrons. The van der Waals surface area contributed by atoms with Crippen molar-refractivity contribution in [1.29, 1.82) is 0 Å². The van der Waals surface area contributed by atoms with Crippen molar-refractivity contribution < 1.29 is 0 Å². The first-order chi connectivity index (χ1) is 11.3. The molecule has 0 unspecified atom stereocenters. The first-order valence-electron chi connectivity index (χ1n) is 8.01. The number of pyridine rings is 1. The van der Waals surface area contributed by atoms with Crippen LogP contribution in [0.3, 0.4) is 0 Å². The zero-order valence-corrected chi connectivity index (χ0v) is 13.2. The molecule has 0 spiro atoms. The largest absolute Gasteiger partial charge is 0.369 e. The van der Waals surface area contributed by atoms with Crippen LogP contribution in [0.15, 0.2) is 37.1 Å². The van der Waals surface area contributed by atoms with Gasteiger partial charge in [0.15, 0.2) is 0 Å². The molecule has 23 heavy (non-hydrogen) atoms. The van der Waals surface area contributed by atoms with Crippen molar-refractivity contribution in [3.8, 4) is 0 Å². The smallest absolute Gasteiger partial charge is 0.142 e.